The highest BCUT2D eigenvalue weighted by atomic mass is 14.9. The van der Waals surface area contributed by atoms with Crippen LogP contribution < -0.4 is 5.73 Å². The Morgan fingerprint density at radius 1 is 0.351 bits per heavy atom. The van der Waals surface area contributed by atoms with Crippen molar-refractivity contribution in [2.45, 2.75) is 0 Å². The molecule has 0 radical (unpaired) electrons. The maximum Gasteiger partial charge on any atom is 0.160 e. The first-order valence-electron chi connectivity index (χ1n) is 12.3. The SMILES string of the molecule is Nc1ccc(-c2cccc(-c3cc(-c4ccc(-c5ccccc5)cc4)nc(-c4ccccc4)n3)c2)cc1. The maximum atomic E-state index is 5.89. The van der Waals surface area contributed by atoms with E-state index in [-0.39, 0.29) is 0 Å². The van der Waals surface area contributed by atoms with Crippen LogP contribution in [0.15, 0.2) is 140 Å². The molecule has 6 aromatic rings. The predicted molar refractivity (Wildman–Crippen MR) is 154 cm³/mol. The number of anilines is 1. The minimum Gasteiger partial charge on any atom is -0.399 e. The van der Waals surface area contributed by atoms with Crippen molar-refractivity contribution in [3.8, 4) is 56.2 Å². The number of hydrogen-bond acceptors (Lipinski definition) is 3. The molecule has 6 rings (SSSR count). The number of rotatable bonds is 5. The van der Waals surface area contributed by atoms with E-state index < -0.39 is 0 Å². The molecule has 0 saturated heterocycles. The Hall–Kier alpha value is -5.02. The molecule has 0 atom stereocenters. The van der Waals surface area contributed by atoms with Gasteiger partial charge in [-0.05, 0) is 46.5 Å². The Kier molecular flexibility index (Phi) is 6.02. The summed E-state index contributed by atoms with van der Waals surface area (Å²) in [6.07, 6.45) is 0. The third kappa shape index (κ3) is 4.89. The molecule has 5 aromatic carbocycles. The lowest BCUT2D eigenvalue weighted by atomic mass is 9.99. The molecule has 0 aliphatic rings. The van der Waals surface area contributed by atoms with Crippen LogP contribution in [0, 0.1) is 0 Å². The lowest BCUT2D eigenvalue weighted by Gasteiger charge is -2.11. The van der Waals surface area contributed by atoms with Crippen LogP contribution in [0.3, 0.4) is 0 Å². The van der Waals surface area contributed by atoms with E-state index in [1.807, 2.05) is 60.7 Å². The summed E-state index contributed by atoms with van der Waals surface area (Å²) >= 11 is 0. The Morgan fingerprint density at radius 3 is 1.49 bits per heavy atom. The van der Waals surface area contributed by atoms with Gasteiger partial charge in [-0.15, -0.1) is 0 Å². The molecule has 0 bridgehead atoms. The van der Waals surface area contributed by atoms with Crippen molar-refractivity contribution in [3.63, 3.8) is 0 Å². The molecule has 0 saturated carbocycles. The van der Waals surface area contributed by atoms with Crippen molar-refractivity contribution >= 4 is 5.69 Å². The van der Waals surface area contributed by atoms with Crippen LogP contribution in [0.1, 0.15) is 0 Å². The van der Waals surface area contributed by atoms with Crippen LogP contribution in [0.2, 0.25) is 0 Å². The largest absolute Gasteiger partial charge is 0.399 e. The molecule has 1 heterocycles. The zero-order valence-corrected chi connectivity index (χ0v) is 20.3. The number of aromatic nitrogens is 2. The molecule has 0 spiro atoms. The molecule has 0 unspecified atom stereocenters. The van der Waals surface area contributed by atoms with Gasteiger partial charge in [-0.2, -0.15) is 0 Å². The number of nitrogen functional groups attached to an aromatic ring is 1. The van der Waals surface area contributed by atoms with E-state index in [9.17, 15) is 0 Å². The summed E-state index contributed by atoms with van der Waals surface area (Å²) in [6, 6.07) is 47.6. The second kappa shape index (κ2) is 9.92. The molecule has 0 fully saturated rings. The van der Waals surface area contributed by atoms with Gasteiger partial charge in [-0.1, -0.05) is 115 Å². The van der Waals surface area contributed by atoms with E-state index in [4.69, 9.17) is 15.7 Å². The molecule has 2 N–H and O–H groups in total. The molecule has 3 nitrogen and oxygen atoms in total. The summed E-state index contributed by atoms with van der Waals surface area (Å²) in [5.41, 5.74) is 16.1. The fourth-order valence-electron chi connectivity index (χ4n) is 4.46. The average Bonchev–Trinajstić information content (AvgIpc) is 2.98. The standard InChI is InChI=1S/C34H25N3/c35-31-20-18-26(19-21-31)29-12-7-13-30(22-29)33-23-32(36-34(37-33)28-10-5-2-6-11-28)27-16-14-25(15-17-27)24-8-3-1-4-9-24/h1-23H,35H2. The fraction of sp³-hybridized carbons (Fsp3) is 0. The normalized spacial score (nSPS) is 10.8. The first kappa shape index (κ1) is 22.4. The van der Waals surface area contributed by atoms with E-state index in [2.05, 4.69) is 78.9 Å². The summed E-state index contributed by atoms with van der Waals surface area (Å²) in [4.78, 5) is 9.95. The van der Waals surface area contributed by atoms with Crippen LogP contribution in [-0.4, -0.2) is 9.97 Å². The minimum atomic E-state index is 0.707. The lowest BCUT2D eigenvalue weighted by Crippen LogP contribution is -1.96. The Morgan fingerprint density at radius 2 is 0.811 bits per heavy atom. The highest BCUT2D eigenvalue weighted by molar-refractivity contribution is 5.77. The van der Waals surface area contributed by atoms with Crippen molar-refractivity contribution in [1.82, 2.24) is 9.97 Å². The van der Waals surface area contributed by atoms with Crippen molar-refractivity contribution < 1.29 is 0 Å². The lowest BCUT2D eigenvalue weighted by molar-refractivity contribution is 1.18. The van der Waals surface area contributed by atoms with E-state index in [0.717, 1.165) is 44.9 Å². The first-order valence-corrected chi connectivity index (χ1v) is 12.3. The fourth-order valence-corrected chi connectivity index (χ4v) is 4.46. The number of nitrogens with two attached hydrogens (primary N) is 1. The monoisotopic (exact) mass is 475 g/mol. The number of nitrogens with zero attached hydrogens (tertiary/aromatic N) is 2. The summed E-state index contributed by atoms with van der Waals surface area (Å²) in [6.45, 7) is 0. The molecule has 37 heavy (non-hydrogen) atoms. The third-order valence-electron chi connectivity index (χ3n) is 6.45. The predicted octanol–water partition coefficient (Wildman–Crippen LogP) is 8.39. The maximum absolute atomic E-state index is 5.89. The van der Waals surface area contributed by atoms with Crippen LogP contribution in [0.5, 0.6) is 0 Å². The Labute approximate surface area is 216 Å². The Balaban J connectivity index is 1.44. The van der Waals surface area contributed by atoms with Crippen molar-refractivity contribution in [1.29, 1.82) is 0 Å². The molecule has 0 aliphatic carbocycles. The zero-order chi connectivity index (χ0) is 25.0. The number of benzene rings is 5. The highest BCUT2D eigenvalue weighted by Crippen LogP contribution is 2.31. The summed E-state index contributed by atoms with van der Waals surface area (Å²) in [5, 5.41) is 0. The van der Waals surface area contributed by atoms with Gasteiger partial charge in [0.15, 0.2) is 5.82 Å². The average molecular weight is 476 g/mol. The molecule has 176 valence electrons. The topological polar surface area (TPSA) is 51.8 Å². The summed E-state index contributed by atoms with van der Waals surface area (Å²) in [7, 11) is 0. The van der Waals surface area contributed by atoms with E-state index >= 15 is 0 Å². The number of hydrogen-bond donors (Lipinski definition) is 1. The van der Waals surface area contributed by atoms with Crippen LogP contribution in [0.25, 0.3) is 56.2 Å². The van der Waals surface area contributed by atoms with E-state index in [0.29, 0.717) is 5.82 Å². The third-order valence-corrected chi connectivity index (χ3v) is 6.45. The van der Waals surface area contributed by atoms with Crippen molar-refractivity contribution in [2.24, 2.45) is 0 Å². The minimum absolute atomic E-state index is 0.707. The second-order valence-electron chi connectivity index (χ2n) is 8.97. The van der Waals surface area contributed by atoms with Gasteiger partial charge in [0, 0.05) is 22.4 Å². The molecule has 3 heteroatoms. The zero-order valence-electron chi connectivity index (χ0n) is 20.3. The van der Waals surface area contributed by atoms with Gasteiger partial charge >= 0.3 is 0 Å². The Bertz CT molecular complexity index is 1640. The molecule has 0 aliphatic heterocycles. The van der Waals surface area contributed by atoms with Gasteiger partial charge in [0.2, 0.25) is 0 Å². The molecular formula is C34H25N3. The van der Waals surface area contributed by atoms with Crippen molar-refractivity contribution in [3.05, 3.63) is 140 Å². The van der Waals surface area contributed by atoms with E-state index in [1.165, 1.54) is 11.1 Å². The highest BCUT2D eigenvalue weighted by Gasteiger charge is 2.12. The molecular weight excluding hydrogens is 450 g/mol. The summed E-state index contributed by atoms with van der Waals surface area (Å²) in [5.74, 6) is 0.707. The summed E-state index contributed by atoms with van der Waals surface area (Å²) < 4.78 is 0. The smallest absolute Gasteiger partial charge is 0.160 e. The first-order chi connectivity index (χ1) is 18.2. The van der Waals surface area contributed by atoms with Gasteiger partial charge in [-0.25, -0.2) is 9.97 Å². The van der Waals surface area contributed by atoms with Gasteiger partial charge in [0.05, 0.1) is 11.4 Å². The van der Waals surface area contributed by atoms with Gasteiger partial charge in [0.25, 0.3) is 0 Å². The van der Waals surface area contributed by atoms with E-state index in [1.54, 1.807) is 0 Å². The van der Waals surface area contributed by atoms with Crippen LogP contribution in [-0.2, 0) is 0 Å². The van der Waals surface area contributed by atoms with Gasteiger partial charge in [0.1, 0.15) is 0 Å². The molecule has 0 amide bonds. The second-order valence-corrected chi connectivity index (χ2v) is 8.97. The van der Waals surface area contributed by atoms with Crippen LogP contribution >= 0.6 is 0 Å². The van der Waals surface area contributed by atoms with Crippen molar-refractivity contribution in [2.75, 3.05) is 5.73 Å². The molecule has 1 aromatic heterocycles. The van der Waals surface area contributed by atoms with Gasteiger partial charge < -0.3 is 5.73 Å². The van der Waals surface area contributed by atoms with Crippen LogP contribution in [0.4, 0.5) is 5.69 Å². The quantitative estimate of drug-likeness (QED) is 0.255. The van der Waals surface area contributed by atoms with Gasteiger partial charge in [-0.3, -0.25) is 0 Å².